The van der Waals surface area contributed by atoms with Crippen molar-refractivity contribution >= 4 is 21.7 Å². The van der Waals surface area contributed by atoms with E-state index in [2.05, 4.69) is 0 Å². The Morgan fingerprint density at radius 1 is 1.29 bits per heavy atom. The van der Waals surface area contributed by atoms with Gasteiger partial charge in [0.2, 0.25) is 0 Å². The maximum atomic E-state index is 12.7. The molecule has 116 valence electrons. The fraction of sp³-hybridized carbons (Fsp3) is 0.533. The molecule has 0 saturated heterocycles. The Labute approximate surface area is 126 Å². The highest BCUT2D eigenvalue weighted by Gasteiger charge is 2.31. The number of nitrogens with zero attached hydrogens (tertiary/aromatic N) is 2. The average Bonchev–Trinajstić information content (AvgIpc) is 2.46. The zero-order valence-electron chi connectivity index (χ0n) is 12.8. The van der Waals surface area contributed by atoms with Crippen molar-refractivity contribution in [1.82, 2.24) is 4.31 Å². The first-order valence-corrected chi connectivity index (χ1v) is 8.73. The van der Waals surface area contributed by atoms with Gasteiger partial charge in [-0.1, -0.05) is 13.8 Å². The molecule has 0 aromatic heterocycles. The Morgan fingerprint density at radius 3 is 2.52 bits per heavy atom. The SMILES string of the molecule is CCN(CC)S(=O)(=O)N1CCCc2cc(C(C)=O)ccc21. The number of rotatable bonds is 5. The zero-order valence-corrected chi connectivity index (χ0v) is 13.6. The number of hydrogen-bond acceptors (Lipinski definition) is 3. The van der Waals surface area contributed by atoms with Gasteiger partial charge in [-0.05, 0) is 43.5 Å². The second-order valence-electron chi connectivity index (χ2n) is 5.17. The van der Waals surface area contributed by atoms with E-state index in [1.807, 2.05) is 19.9 Å². The van der Waals surface area contributed by atoms with Crippen LogP contribution >= 0.6 is 0 Å². The molecule has 1 aromatic rings. The Kier molecular flexibility index (Phi) is 4.68. The molecule has 0 atom stereocenters. The summed E-state index contributed by atoms with van der Waals surface area (Å²) < 4.78 is 28.4. The second kappa shape index (κ2) is 6.15. The third-order valence-corrected chi connectivity index (χ3v) is 5.98. The highest BCUT2D eigenvalue weighted by Crippen LogP contribution is 2.31. The van der Waals surface area contributed by atoms with Gasteiger partial charge in [-0.3, -0.25) is 9.10 Å². The number of aryl methyl sites for hydroxylation is 1. The largest absolute Gasteiger partial charge is 0.304 e. The van der Waals surface area contributed by atoms with E-state index in [1.165, 1.54) is 15.5 Å². The molecule has 6 heteroatoms. The second-order valence-corrected chi connectivity index (χ2v) is 7.02. The summed E-state index contributed by atoms with van der Waals surface area (Å²) in [5.74, 6) is 0.00141. The van der Waals surface area contributed by atoms with Gasteiger partial charge in [0.25, 0.3) is 0 Å². The number of carbonyl (C=O) groups is 1. The highest BCUT2D eigenvalue weighted by atomic mass is 32.2. The summed E-state index contributed by atoms with van der Waals surface area (Å²) in [5.41, 5.74) is 2.28. The third-order valence-electron chi connectivity index (χ3n) is 3.87. The van der Waals surface area contributed by atoms with E-state index < -0.39 is 10.2 Å². The Morgan fingerprint density at radius 2 is 1.95 bits per heavy atom. The normalized spacial score (nSPS) is 15.1. The number of carbonyl (C=O) groups excluding carboxylic acids is 1. The number of fused-ring (bicyclic) bond motifs is 1. The maximum Gasteiger partial charge on any atom is 0.304 e. The standard InChI is InChI=1S/C15H22N2O3S/c1-4-16(5-2)21(19,20)17-10-6-7-14-11-13(12(3)18)8-9-15(14)17/h8-9,11H,4-7,10H2,1-3H3. The molecule has 0 radical (unpaired) electrons. The summed E-state index contributed by atoms with van der Waals surface area (Å²) in [6, 6.07) is 5.28. The fourth-order valence-corrected chi connectivity index (χ4v) is 4.43. The van der Waals surface area contributed by atoms with Crippen LogP contribution in [0.3, 0.4) is 0 Å². The van der Waals surface area contributed by atoms with Crippen molar-refractivity contribution in [3.63, 3.8) is 0 Å². The van der Waals surface area contributed by atoms with Gasteiger partial charge in [0.1, 0.15) is 0 Å². The predicted molar refractivity (Wildman–Crippen MR) is 84.0 cm³/mol. The summed E-state index contributed by atoms with van der Waals surface area (Å²) >= 11 is 0. The summed E-state index contributed by atoms with van der Waals surface area (Å²) in [6.07, 6.45) is 1.58. The molecule has 1 aromatic carbocycles. The van der Waals surface area contributed by atoms with Crippen molar-refractivity contribution < 1.29 is 13.2 Å². The third kappa shape index (κ3) is 2.96. The summed E-state index contributed by atoms with van der Waals surface area (Å²) in [5, 5.41) is 0. The lowest BCUT2D eigenvalue weighted by atomic mass is 9.99. The Bertz CT molecular complexity index is 636. The van der Waals surface area contributed by atoms with Crippen LogP contribution in [0.1, 0.15) is 43.1 Å². The number of Topliss-reactive ketones (excluding diaryl/α,β-unsaturated/α-hetero) is 1. The molecule has 0 bridgehead atoms. The molecular weight excluding hydrogens is 288 g/mol. The van der Waals surface area contributed by atoms with Gasteiger partial charge in [0, 0.05) is 25.2 Å². The smallest absolute Gasteiger partial charge is 0.295 e. The molecule has 2 rings (SSSR count). The fourth-order valence-electron chi connectivity index (χ4n) is 2.71. The van der Waals surface area contributed by atoms with Gasteiger partial charge in [-0.25, -0.2) is 0 Å². The van der Waals surface area contributed by atoms with Crippen LogP contribution in [0.25, 0.3) is 0 Å². The molecule has 1 heterocycles. The minimum atomic E-state index is -3.49. The first-order valence-electron chi connectivity index (χ1n) is 7.33. The van der Waals surface area contributed by atoms with Crippen molar-refractivity contribution in [2.45, 2.75) is 33.6 Å². The van der Waals surface area contributed by atoms with Gasteiger partial charge in [-0.15, -0.1) is 0 Å². The molecule has 0 amide bonds. The van der Waals surface area contributed by atoms with Crippen LogP contribution < -0.4 is 4.31 Å². The van der Waals surface area contributed by atoms with Crippen LogP contribution in [-0.4, -0.2) is 38.1 Å². The summed E-state index contributed by atoms with van der Waals surface area (Å²) in [7, 11) is -3.49. The van der Waals surface area contributed by atoms with Gasteiger partial charge >= 0.3 is 10.2 Å². The lowest BCUT2D eigenvalue weighted by Gasteiger charge is -2.34. The summed E-state index contributed by atoms with van der Waals surface area (Å²) in [6.45, 7) is 6.60. The molecule has 0 spiro atoms. The lowest BCUT2D eigenvalue weighted by molar-refractivity contribution is 0.101. The molecule has 5 nitrogen and oxygen atoms in total. The molecule has 21 heavy (non-hydrogen) atoms. The first kappa shape index (κ1) is 16.0. The zero-order chi connectivity index (χ0) is 15.6. The van der Waals surface area contributed by atoms with E-state index >= 15 is 0 Å². The van der Waals surface area contributed by atoms with Gasteiger partial charge in [0.15, 0.2) is 5.78 Å². The monoisotopic (exact) mass is 310 g/mol. The first-order chi connectivity index (χ1) is 9.91. The van der Waals surface area contributed by atoms with Crippen LogP contribution in [0.5, 0.6) is 0 Å². The highest BCUT2D eigenvalue weighted by molar-refractivity contribution is 7.90. The predicted octanol–water partition coefficient (Wildman–Crippen LogP) is 2.23. The lowest BCUT2D eigenvalue weighted by Crippen LogP contribution is -2.46. The molecular formula is C15H22N2O3S. The van der Waals surface area contributed by atoms with Gasteiger partial charge in [-0.2, -0.15) is 12.7 Å². The molecule has 0 unspecified atom stereocenters. The number of anilines is 1. The molecule has 0 aliphatic carbocycles. The quantitative estimate of drug-likeness (QED) is 0.784. The minimum absolute atomic E-state index is 0.00141. The van der Waals surface area contributed by atoms with E-state index in [1.54, 1.807) is 12.1 Å². The molecule has 1 aliphatic heterocycles. The van der Waals surface area contributed by atoms with Crippen LogP contribution in [0.2, 0.25) is 0 Å². The van der Waals surface area contributed by atoms with Crippen molar-refractivity contribution in [3.8, 4) is 0 Å². The van der Waals surface area contributed by atoms with Gasteiger partial charge in [0.05, 0.1) is 5.69 Å². The van der Waals surface area contributed by atoms with Crippen molar-refractivity contribution in [2.75, 3.05) is 23.9 Å². The van der Waals surface area contributed by atoms with Crippen LogP contribution in [0.4, 0.5) is 5.69 Å². The maximum absolute atomic E-state index is 12.7. The van der Waals surface area contributed by atoms with Crippen molar-refractivity contribution in [1.29, 1.82) is 0 Å². The summed E-state index contributed by atoms with van der Waals surface area (Å²) in [4.78, 5) is 11.5. The van der Waals surface area contributed by atoms with E-state index in [-0.39, 0.29) is 5.78 Å². The number of benzene rings is 1. The molecule has 0 N–H and O–H groups in total. The number of ketones is 1. The van der Waals surface area contributed by atoms with E-state index in [0.29, 0.717) is 30.9 Å². The average molecular weight is 310 g/mol. The molecule has 0 saturated carbocycles. The van der Waals surface area contributed by atoms with Crippen molar-refractivity contribution in [2.24, 2.45) is 0 Å². The van der Waals surface area contributed by atoms with E-state index in [4.69, 9.17) is 0 Å². The minimum Gasteiger partial charge on any atom is -0.295 e. The Hall–Kier alpha value is -1.40. The van der Waals surface area contributed by atoms with Crippen molar-refractivity contribution in [3.05, 3.63) is 29.3 Å². The van der Waals surface area contributed by atoms with Crippen LogP contribution in [-0.2, 0) is 16.6 Å². The molecule has 0 fully saturated rings. The van der Waals surface area contributed by atoms with Gasteiger partial charge < -0.3 is 0 Å². The van der Waals surface area contributed by atoms with Crippen LogP contribution in [0, 0.1) is 0 Å². The van der Waals surface area contributed by atoms with E-state index in [0.717, 1.165) is 18.4 Å². The van der Waals surface area contributed by atoms with Crippen LogP contribution in [0.15, 0.2) is 18.2 Å². The van der Waals surface area contributed by atoms with E-state index in [9.17, 15) is 13.2 Å². The number of hydrogen-bond donors (Lipinski definition) is 0. The Balaban J connectivity index is 2.45. The topological polar surface area (TPSA) is 57.7 Å². The molecule has 1 aliphatic rings.